The summed E-state index contributed by atoms with van der Waals surface area (Å²) in [6.07, 6.45) is 3.78. The molecule has 0 aromatic carbocycles. The Bertz CT molecular complexity index is 405. The molecule has 0 amide bonds. The van der Waals surface area contributed by atoms with Crippen molar-refractivity contribution in [3.63, 3.8) is 0 Å². The first-order chi connectivity index (χ1) is 8.48. The number of ether oxygens (including phenoxy) is 1. The van der Waals surface area contributed by atoms with Crippen LogP contribution in [0, 0.1) is 11.3 Å². The highest BCUT2D eigenvalue weighted by Crippen LogP contribution is 2.39. The van der Waals surface area contributed by atoms with Crippen molar-refractivity contribution in [1.29, 1.82) is 0 Å². The van der Waals surface area contributed by atoms with Gasteiger partial charge in [0.1, 0.15) is 6.10 Å². The molecule has 1 aliphatic rings. The summed E-state index contributed by atoms with van der Waals surface area (Å²) < 4.78 is 6.03. The summed E-state index contributed by atoms with van der Waals surface area (Å²) in [5.74, 6) is 1.86. The summed E-state index contributed by atoms with van der Waals surface area (Å²) in [7, 11) is 0. The maximum Gasteiger partial charge on any atom is 0.213 e. The normalized spacial score (nSPS) is 26.9. The number of hydrogen-bond donors (Lipinski definition) is 0. The Hall–Kier alpha value is -0.760. The SMILES string of the molecule is CC1CC(Oc2cccc(CCl)n2)CC(C)(C)C1. The van der Waals surface area contributed by atoms with E-state index in [2.05, 4.69) is 25.8 Å². The van der Waals surface area contributed by atoms with Crippen LogP contribution in [-0.2, 0) is 5.88 Å². The van der Waals surface area contributed by atoms with Crippen molar-refractivity contribution in [2.24, 2.45) is 11.3 Å². The largest absolute Gasteiger partial charge is 0.474 e. The fraction of sp³-hybridized carbons (Fsp3) is 0.667. The second-order valence-electron chi connectivity index (χ2n) is 6.25. The quantitative estimate of drug-likeness (QED) is 0.757. The van der Waals surface area contributed by atoms with Gasteiger partial charge >= 0.3 is 0 Å². The number of pyridine rings is 1. The Morgan fingerprint density at radius 3 is 2.83 bits per heavy atom. The fourth-order valence-corrected chi connectivity index (χ4v) is 3.27. The van der Waals surface area contributed by atoms with Crippen LogP contribution in [0.2, 0.25) is 0 Å². The van der Waals surface area contributed by atoms with Crippen molar-refractivity contribution in [3.8, 4) is 5.88 Å². The minimum atomic E-state index is 0.279. The first kappa shape index (κ1) is 13.7. The van der Waals surface area contributed by atoms with E-state index >= 15 is 0 Å². The number of rotatable bonds is 3. The average Bonchev–Trinajstić information content (AvgIpc) is 2.26. The predicted octanol–water partition coefficient (Wildman–Crippen LogP) is 4.41. The Labute approximate surface area is 115 Å². The van der Waals surface area contributed by atoms with Gasteiger partial charge in [0, 0.05) is 6.07 Å². The van der Waals surface area contributed by atoms with E-state index in [1.54, 1.807) is 0 Å². The summed E-state index contributed by atoms with van der Waals surface area (Å²) in [5.41, 5.74) is 1.24. The predicted molar refractivity (Wildman–Crippen MR) is 75.0 cm³/mol. The lowest BCUT2D eigenvalue weighted by atomic mass is 9.71. The van der Waals surface area contributed by atoms with E-state index in [0.29, 0.717) is 17.2 Å². The maximum absolute atomic E-state index is 6.03. The minimum absolute atomic E-state index is 0.279. The zero-order chi connectivity index (χ0) is 13.2. The molecule has 1 aromatic rings. The molecule has 1 heterocycles. The molecule has 2 rings (SSSR count). The lowest BCUT2D eigenvalue weighted by Crippen LogP contribution is -2.34. The summed E-state index contributed by atoms with van der Waals surface area (Å²) in [6, 6.07) is 5.80. The molecule has 1 saturated carbocycles. The van der Waals surface area contributed by atoms with Gasteiger partial charge in [-0.3, -0.25) is 0 Å². The summed E-state index contributed by atoms with van der Waals surface area (Å²) in [4.78, 5) is 4.40. The van der Waals surface area contributed by atoms with Crippen LogP contribution in [0.15, 0.2) is 18.2 Å². The van der Waals surface area contributed by atoms with Gasteiger partial charge in [-0.05, 0) is 36.7 Å². The second kappa shape index (κ2) is 5.48. The molecule has 2 nitrogen and oxygen atoms in total. The van der Waals surface area contributed by atoms with Crippen LogP contribution in [0.25, 0.3) is 0 Å². The Morgan fingerprint density at radius 1 is 1.39 bits per heavy atom. The molecule has 100 valence electrons. The highest BCUT2D eigenvalue weighted by Gasteiger charge is 2.33. The van der Waals surface area contributed by atoms with Crippen LogP contribution >= 0.6 is 11.6 Å². The number of hydrogen-bond acceptors (Lipinski definition) is 2. The van der Waals surface area contributed by atoms with Crippen LogP contribution in [0.4, 0.5) is 0 Å². The van der Waals surface area contributed by atoms with Gasteiger partial charge in [-0.15, -0.1) is 11.6 Å². The Morgan fingerprint density at radius 2 is 2.17 bits per heavy atom. The molecular weight excluding hydrogens is 246 g/mol. The fourth-order valence-electron chi connectivity index (χ4n) is 3.12. The molecule has 1 aromatic heterocycles. The van der Waals surface area contributed by atoms with Crippen molar-refractivity contribution in [1.82, 2.24) is 4.98 Å². The molecular formula is C15H22ClNO. The van der Waals surface area contributed by atoms with Gasteiger partial charge in [-0.2, -0.15) is 0 Å². The van der Waals surface area contributed by atoms with Crippen molar-refractivity contribution < 1.29 is 4.74 Å². The molecule has 0 saturated heterocycles. The van der Waals surface area contributed by atoms with E-state index in [0.717, 1.165) is 24.5 Å². The van der Waals surface area contributed by atoms with E-state index in [1.807, 2.05) is 18.2 Å². The van der Waals surface area contributed by atoms with Crippen LogP contribution in [0.1, 0.15) is 45.7 Å². The van der Waals surface area contributed by atoms with E-state index in [9.17, 15) is 0 Å². The number of halogens is 1. The van der Waals surface area contributed by atoms with Gasteiger partial charge in [0.25, 0.3) is 0 Å². The second-order valence-corrected chi connectivity index (χ2v) is 6.52. The molecule has 3 heteroatoms. The monoisotopic (exact) mass is 267 g/mol. The van der Waals surface area contributed by atoms with Crippen LogP contribution in [0.3, 0.4) is 0 Å². The van der Waals surface area contributed by atoms with Gasteiger partial charge in [0.2, 0.25) is 5.88 Å². The molecule has 0 spiro atoms. The van der Waals surface area contributed by atoms with Gasteiger partial charge in [-0.1, -0.05) is 26.8 Å². The molecule has 0 N–H and O–H groups in total. The molecule has 2 atom stereocenters. The van der Waals surface area contributed by atoms with E-state index in [-0.39, 0.29) is 6.10 Å². The average molecular weight is 268 g/mol. The maximum atomic E-state index is 6.03. The first-order valence-electron chi connectivity index (χ1n) is 6.67. The third-order valence-electron chi connectivity index (χ3n) is 3.55. The third kappa shape index (κ3) is 3.61. The van der Waals surface area contributed by atoms with Crippen molar-refractivity contribution in [3.05, 3.63) is 23.9 Å². The smallest absolute Gasteiger partial charge is 0.213 e. The third-order valence-corrected chi connectivity index (χ3v) is 3.83. The molecule has 0 aliphatic heterocycles. The van der Waals surface area contributed by atoms with Crippen molar-refractivity contribution in [2.45, 2.75) is 52.0 Å². The molecule has 0 radical (unpaired) electrons. The highest BCUT2D eigenvalue weighted by atomic mass is 35.5. The van der Waals surface area contributed by atoms with E-state index < -0.39 is 0 Å². The van der Waals surface area contributed by atoms with Crippen LogP contribution < -0.4 is 4.74 Å². The van der Waals surface area contributed by atoms with Crippen molar-refractivity contribution in [2.75, 3.05) is 0 Å². The van der Waals surface area contributed by atoms with Gasteiger partial charge in [0.15, 0.2) is 0 Å². The first-order valence-corrected chi connectivity index (χ1v) is 7.20. The van der Waals surface area contributed by atoms with Crippen LogP contribution in [-0.4, -0.2) is 11.1 Å². The number of nitrogens with zero attached hydrogens (tertiary/aromatic N) is 1. The standard InChI is InChI=1S/C15H22ClNO/c1-11-7-13(9-15(2,3)8-11)18-14-6-4-5-12(10-16)17-14/h4-6,11,13H,7-10H2,1-3H3. The Kier molecular flexibility index (Phi) is 4.16. The number of aromatic nitrogens is 1. The molecule has 1 aliphatic carbocycles. The van der Waals surface area contributed by atoms with Crippen molar-refractivity contribution >= 4 is 11.6 Å². The summed E-state index contributed by atoms with van der Waals surface area (Å²) in [5, 5.41) is 0. The lowest BCUT2D eigenvalue weighted by Gasteiger charge is -2.38. The zero-order valence-electron chi connectivity index (χ0n) is 11.4. The molecule has 2 unspecified atom stereocenters. The Balaban J connectivity index is 2.04. The highest BCUT2D eigenvalue weighted by molar-refractivity contribution is 6.16. The molecule has 18 heavy (non-hydrogen) atoms. The summed E-state index contributed by atoms with van der Waals surface area (Å²) in [6.45, 7) is 6.95. The lowest BCUT2D eigenvalue weighted by molar-refractivity contribution is 0.0532. The van der Waals surface area contributed by atoms with E-state index in [4.69, 9.17) is 16.3 Å². The topological polar surface area (TPSA) is 22.1 Å². The van der Waals surface area contributed by atoms with Crippen LogP contribution in [0.5, 0.6) is 5.88 Å². The minimum Gasteiger partial charge on any atom is -0.474 e. The zero-order valence-corrected chi connectivity index (χ0v) is 12.2. The van der Waals surface area contributed by atoms with Gasteiger partial charge in [-0.25, -0.2) is 4.98 Å². The number of alkyl halides is 1. The van der Waals surface area contributed by atoms with E-state index in [1.165, 1.54) is 6.42 Å². The van der Waals surface area contributed by atoms with Gasteiger partial charge in [0.05, 0.1) is 11.6 Å². The molecule has 1 fully saturated rings. The summed E-state index contributed by atoms with van der Waals surface area (Å²) >= 11 is 5.79. The van der Waals surface area contributed by atoms with Gasteiger partial charge < -0.3 is 4.74 Å². The molecule has 0 bridgehead atoms.